The van der Waals surface area contributed by atoms with E-state index in [0.717, 1.165) is 0 Å². The smallest absolute Gasteiger partial charge is 0.230 e. The average molecular weight is 151 g/mol. The maximum atomic E-state index is 11.2. The van der Waals surface area contributed by atoms with Crippen molar-refractivity contribution in [2.45, 2.75) is 18.2 Å². The summed E-state index contributed by atoms with van der Waals surface area (Å²) in [6.07, 6.45) is -6.06. The lowest BCUT2D eigenvalue weighted by Gasteiger charge is -2.03. The fourth-order valence-electron chi connectivity index (χ4n) is 0.175. The van der Waals surface area contributed by atoms with Crippen molar-refractivity contribution in [3.05, 3.63) is 0 Å². The van der Waals surface area contributed by atoms with Crippen LogP contribution < -0.4 is 0 Å². The minimum atomic E-state index is -4.48. The zero-order valence-electron chi connectivity index (χ0n) is 3.67. The lowest BCUT2D eigenvalue weighted by molar-refractivity contribution is -0.140. The first-order valence-electron chi connectivity index (χ1n) is 1.77. The minimum Gasteiger partial charge on any atom is -0.230 e. The van der Waals surface area contributed by atoms with Gasteiger partial charge in [0.15, 0.2) is 5.63 Å². The quantitative estimate of drug-likeness (QED) is 0.398. The highest BCUT2D eigenvalue weighted by Crippen LogP contribution is 2.24. The summed E-state index contributed by atoms with van der Waals surface area (Å²) < 4.78 is 44.2. The van der Waals surface area contributed by atoms with Crippen LogP contribution in [0.3, 0.4) is 0 Å². The van der Waals surface area contributed by atoms with Crippen LogP contribution in [0.25, 0.3) is 0 Å². The maximum Gasteiger partial charge on any atom is 0.393 e. The van der Waals surface area contributed by atoms with Gasteiger partial charge in [0, 0.05) is 0 Å². The van der Waals surface area contributed by atoms with Gasteiger partial charge in [0.1, 0.15) is 0 Å². The maximum absolute atomic E-state index is 11.2. The van der Waals surface area contributed by atoms with Crippen molar-refractivity contribution in [1.29, 1.82) is 0 Å². The van der Waals surface area contributed by atoms with Crippen LogP contribution >= 0.6 is 11.6 Å². The van der Waals surface area contributed by atoms with Crippen molar-refractivity contribution < 1.29 is 17.6 Å². The molecular formula is C3H3ClF4. The largest absolute Gasteiger partial charge is 0.393 e. The van der Waals surface area contributed by atoms with E-state index >= 15 is 0 Å². The molecule has 0 rings (SSSR count). The molecule has 0 saturated heterocycles. The third-order valence-corrected chi connectivity index (χ3v) is 0.540. The van der Waals surface area contributed by atoms with E-state index in [2.05, 4.69) is 11.6 Å². The fraction of sp³-hybridized carbons (Fsp3) is 1.00. The Labute approximate surface area is 48.4 Å². The molecular weight excluding hydrogens is 147 g/mol. The van der Waals surface area contributed by atoms with Gasteiger partial charge in [0.25, 0.3) is 0 Å². The van der Waals surface area contributed by atoms with E-state index < -0.39 is 18.2 Å². The summed E-state index contributed by atoms with van der Waals surface area (Å²) in [5.74, 6) is 0. The molecule has 0 aliphatic heterocycles. The molecule has 0 nitrogen and oxygen atoms in total. The molecule has 0 aliphatic rings. The van der Waals surface area contributed by atoms with E-state index in [1.54, 1.807) is 0 Å². The molecule has 1 atom stereocenters. The second-order valence-corrected chi connectivity index (χ2v) is 1.68. The second-order valence-electron chi connectivity index (χ2n) is 1.21. The number of hydrogen-bond acceptors (Lipinski definition) is 0. The van der Waals surface area contributed by atoms with Crippen LogP contribution in [-0.4, -0.2) is 11.8 Å². The normalized spacial score (nSPS) is 16.1. The molecule has 0 spiro atoms. The van der Waals surface area contributed by atoms with Gasteiger partial charge in [-0.25, -0.2) is 4.39 Å². The number of hydrogen-bond donors (Lipinski definition) is 0. The van der Waals surface area contributed by atoms with Crippen LogP contribution in [-0.2, 0) is 0 Å². The second kappa shape index (κ2) is 2.53. The molecule has 0 unspecified atom stereocenters. The van der Waals surface area contributed by atoms with E-state index in [4.69, 9.17) is 0 Å². The topological polar surface area (TPSA) is 0 Å². The van der Waals surface area contributed by atoms with E-state index in [1.165, 1.54) is 0 Å². The van der Waals surface area contributed by atoms with Crippen molar-refractivity contribution in [2.75, 3.05) is 0 Å². The Kier molecular flexibility index (Phi) is 2.53. The number of halogens is 5. The first-order valence-corrected chi connectivity index (χ1v) is 2.20. The molecule has 0 aromatic carbocycles. The van der Waals surface area contributed by atoms with Gasteiger partial charge in [-0.15, -0.1) is 0 Å². The van der Waals surface area contributed by atoms with Gasteiger partial charge >= 0.3 is 6.18 Å². The minimum absolute atomic E-state index is 1.57. The molecule has 50 valence electrons. The first-order chi connectivity index (χ1) is 3.42. The highest BCUT2D eigenvalue weighted by Gasteiger charge is 2.30. The van der Waals surface area contributed by atoms with E-state index in [9.17, 15) is 17.6 Å². The van der Waals surface area contributed by atoms with Crippen molar-refractivity contribution in [2.24, 2.45) is 0 Å². The van der Waals surface area contributed by atoms with Crippen molar-refractivity contribution in [3.8, 4) is 0 Å². The number of rotatable bonds is 1. The molecule has 0 aliphatic carbocycles. The molecule has 8 heavy (non-hydrogen) atoms. The Balaban J connectivity index is 3.39. The zero-order valence-corrected chi connectivity index (χ0v) is 4.43. The highest BCUT2D eigenvalue weighted by molar-refractivity contribution is 6.19. The summed E-state index contributed by atoms with van der Waals surface area (Å²) in [5, 5.41) is 0. The standard InChI is InChI=1S/C3H3ClF4/c4-2(5)1-3(6,7)8/h2H,1H2/t2-/m1/s1. The van der Waals surface area contributed by atoms with Crippen LogP contribution in [0.2, 0.25) is 0 Å². The molecule has 0 fully saturated rings. The molecule has 5 heteroatoms. The molecule has 0 N–H and O–H groups in total. The van der Waals surface area contributed by atoms with Gasteiger partial charge in [-0.2, -0.15) is 13.2 Å². The Morgan fingerprint density at radius 2 is 1.75 bits per heavy atom. The van der Waals surface area contributed by atoms with Crippen LogP contribution in [0.4, 0.5) is 17.6 Å². The lowest BCUT2D eigenvalue weighted by Crippen LogP contribution is -2.11. The van der Waals surface area contributed by atoms with Gasteiger partial charge in [0.05, 0.1) is 6.42 Å². The molecule has 0 amide bonds. The lowest BCUT2D eigenvalue weighted by atomic mass is 10.5. The number of alkyl halides is 5. The third-order valence-electron chi connectivity index (χ3n) is 0.386. The third kappa shape index (κ3) is 6.01. The predicted octanol–water partition coefficient (Wildman–Crippen LogP) is 2.47. The molecule has 0 aromatic rings. The summed E-state index contributed by atoms with van der Waals surface area (Å²) in [6, 6.07) is 0. The molecule has 0 radical (unpaired) electrons. The molecule has 0 bridgehead atoms. The van der Waals surface area contributed by atoms with Crippen LogP contribution in [0.5, 0.6) is 0 Å². The summed E-state index contributed by atoms with van der Waals surface area (Å²) in [6.45, 7) is 0. The predicted molar refractivity (Wildman–Crippen MR) is 21.4 cm³/mol. The molecule has 0 aromatic heterocycles. The van der Waals surface area contributed by atoms with E-state index in [-0.39, 0.29) is 0 Å². The summed E-state index contributed by atoms with van der Waals surface area (Å²) in [7, 11) is 0. The molecule has 0 heterocycles. The SMILES string of the molecule is F[C@@H](Cl)CC(F)(F)F. The first kappa shape index (κ1) is 8.01. The Hall–Kier alpha value is 0.01000. The van der Waals surface area contributed by atoms with Crippen LogP contribution in [0, 0.1) is 0 Å². The summed E-state index contributed by atoms with van der Waals surface area (Å²) in [4.78, 5) is 0. The Bertz CT molecular complexity index is 66.2. The van der Waals surface area contributed by atoms with Crippen molar-refractivity contribution >= 4 is 11.6 Å². The summed E-state index contributed by atoms with van der Waals surface area (Å²) >= 11 is 4.38. The van der Waals surface area contributed by atoms with Crippen LogP contribution in [0.15, 0.2) is 0 Å². The van der Waals surface area contributed by atoms with Crippen molar-refractivity contribution in [3.63, 3.8) is 0 Å². The Morgan fingerprint density at radius 3 is 1.75 bits per heavy atom. The van der Waals surface area contributed by atoms with E-state index in [0.29, 0.717) is 0 Å². The van der Waals surface area contributed by atoms with Gasteiger partial charge < -0.3 is 0 Å². The van der Waals surface area contributed by atoms with Gasteiger partial charge in [-0.1, -0.05) is 11.6 Å². The molecule has 0 saturated carbocycles. The van der Waals surface area contributed by atoms with Crippen molar-refractivity contribution in [1.82, 2.24) is 0 Å². The zero-order chi connectivity index (χ0) is 6.78. The van der Waals surface area contributed by atoms with Crippen LogP contribution in [0.1, 0.15) is 6.42 Å². The van der Waals surface area contributed by atoms with Gasteiger partial charge in [-0.05, 0) is 0 Å². The van der Waals surface area contributed by atoms with E-state index in [1.807, 2.05) is 0 Å². The monoisotopic (exact) mass is 150 g/mol. The highest BCUT2D eigenvalue weighted by atomic mass is 35.5. The Morgan fingerprint density at radius 1 is 1.38 bits per heavy atom. The van der Waals surface area contributed by atoms with Gasteiger partial charge in [-0.3, -0.25) is 0 Å². The van der Waals surface area contributed by atoms with Gasteiger partial charge in [0.2, 0.25) is 0 Å². The summed E-state index contributed by atoms with van der Waals surface area (Å²) in [5.41, 5.74) is -2.31. The fourth-order valence-corrected chi connectivity index (χ4v) is 0.350. The average Bonchev–Trinajstić information content (AvgIpc) is 1.21.